The number of aliphatic hydroxyl groups is 1. The van der Waals surface area contributed by atoms with Crippen LogP contribution in [0.4, 0.5) is 5.69 Å². The fraction of sp³-hybridized carbons (Fsp3) is 0.406. The topological polar surface area (TPSA) is 86.4 Å². The summed E-state index contributed by atoms with van der Waals surface area (Å²) in [5.41, 5.74) is 3.62. The van der Waals surface area contributed by atoms with Gasteiger partial charge < -0.3 is 19.6 Å². The molecule has 2 aromatic carbocycles. The smallest absolute Gasteiger partial charge is 0.253 e. The van der Waals surface area contributed by atoms with Crippen LogP contribution >= 0.6 is 11.6 Å². The van der Waals surface area contributed by atoms with E-state index in [1.165, 1.54) is 0 Å². The molecule has 2 aliphatic rings. The Morgan fingerprint density at radius 2 is 1.69 bits per heavy atom. The Morgan fingerprint density at radius 3 is 2.38 bits per heavy atom. The Hall–Kier alpha value is -3.50. The second kappa shape index (κ2) is 12.4. The van der Waals surface area contributed by atoms with E-state index in [-0.39, 0.29) is 5.91 Å². The van der Waals surface area contributed by atoms with Gasteiger partial charge in [-0.05, 0) is 60.4 Å². The second-order valence-corrected chi connectivity index (χ2v) is 11.7. The molecule has 42 heavy (non-hydrogen) atoms. The van der Waals surface area contributed by atoms with Gasteiger partial charge in [0.25, 0.3) is 5.91 Å². The van der Waals surface area contributed by atoms with E-state index in [2.05, 4.69) is 15.9 Å². The molecule has 0 unspecified atom stereocenters. The number of nitrogens with zero attached hydrogens (tertiary/aromatic N) is 6. The van der Waals surface area contributed by atoms with Crippen molar-refractivity contribution in [2.24, 2.45) is 0 Å². The number of carbonyl (C=O) groups excluding carboxylic acids is 1. The average Bonchev–Trinajstić information content (AvgIpc) is 3.44. The van der Waals surface area contributed by atoms with Gasteiger partial charge in [-0.3, -0.25) is 9.69 Å². The maximum atomic E-state index is 13.1. The number of aromatic nitrogens is 3. The van der Waals surface area contributed by atoms with E-state index in [9.17, 15) is 9.90 Å². The van der Waals surface area contributed by atoms with E-state index < -0.39 is 5.60 Å². The van der Waals surface area contributed by atoms with Gasteiger partial charge >= 0.3 is 0 Å². The number of piperidine rings is 1. The molecule has 4 heterocycles. The highest BCUT2D eigenvalue weighted by molar-refractivity contribution is 6.30. The highest BCUT2D eigenvalue weighted by Gasteiger charge is 2.34. The van der Waals surface area contributed by atoms with Crippen LogP contribution < -0.4 is 4.90 Å². The highest BCUT2D eigenvalue weighted by atomic mass is 35.5. The van der Waals surface area contributed by atoms with Crippen LogP contribution in [-0.4, -0.2) is 94.9 Å². The third-order valence-corrected chi connectivity index (χ3v) is 8.78. The van der Waals surface area contributed by atoms with Crippen molar-refractivity contribution < 1.29 is 14.6 Å². The van der Waals surface area contributed by atoms with Crippen molar-refractivity contribution in [1.82, 2.24) is 24.4 Å². The van der Waals surface area contributed by atoms with Crippen LogP contribution in [-0.2, 0) is 16.8 Å². The molecule has 1 N–H and O–H groups in total. The minimum Gasteiger partial charge on any atom is -0.385 e. The summed E-state index contributed by atoms with van der Waals surface area (Å²) < 4.78 is 7.00. The Kier molecular flexibility index (Phi) is 8.44. The second-order valence-electron chi connectivity index (χ2n) is 11.2. The Morgan fingerprint density at radius 1 is 0.976 bits per heavy atom. The SMILES string of the molecule is COCCN1CCN(C(=O)c2ccc(Cc3nc4c(N5CCC(O)(c6ccc(Cl)cc6)CC5)cccn4n3)cc2)CC1. The van der Waals surface area contributed by atoms with Gasteiger partial charge in [0.05, 0.1) is 17.9 Å². The number of methoxy groups -OCH3 is 1. The van der Waals surface area contributed by atoms with Gasteiger partial charge in [-0.15, -0.1) is 0 Å². The normalized spacial score (nSPS) is 17.6. The van der Waals surface area contributed by atoms with E-state index in [4.69, 9.17) is 26.4 Å². The van der Waals surface area contributed by atoms with Crippen molar-refractivity contribution in [2.45, 2.75) is 24.9 Å². The zero-order valence-electron chi connectivity index (χ0n) is 24.0. The van der Waals surface area contributed by atoms with Crippen LogP contribution in [0, 0.1) is 0 Å². The molecule has 2 aromatic heterocycles. The first-order chi connectivity index (χ1) is 20.4. The van der Waals surface area contributed by atoms with Gasteiger partial charge in [-0.25, -0.2) is 9.50 Å². The monoisotopic (exact) mass is 588 g/mol. The third kappa shape index (κ3) is 6.15. The number of amides is 1. The molecular weight excluding hydrogens is 552 g/mol. The van der Waals surface area contributed by atoms with Gasteiger partial charge in [0.15, 0.2) is 11.5 Å². The van der Waals surface area contributed by atoms with Gasteiger partial charge in [-0.1, -0.05) is 35.9 Å². The molecule has 2 aliphatic heterocycles. The van der Waals surface area contributed by atoms with Crippen LogP contribution in [0.5, 0.6) is 0 Å². The molecule has 9 nitrogen and oxygen atoms in total. The minimum absolute atomic E-state index is 0.0768. The Bertz CT molecular complexity index is 1510. The molecule has 4 aromatic rings. The quantitative estimate of drug-likeness (QED) is 0.334. The summed E-state index contributed by atoms with van der Waals surface area (Å²) in [5, 5.41) is 16.7. The number of halogens is 1. The summed E-state index contributed by atoms with van der Waals surface area (Å²) in [6.07, 6.45) is 3.72. The fourth-order valence-electron chi connectivity index (χ4n) is 5.95. The highest BCUT2D eigenvalue weighted by Crippen LogP contribution is 2.36. The summed E-state index contributed by atoms with van der Waals surface area (Å²) in [6.45, 7) is 6.23. The molecule has 0 radical (unpaired) electrons. The molecule has 6 rings (SSSR count). The van der Waals surface area contributed by atoms with E-state index in [0.717, 1.165) is 61.0 Å². The summed E-state index contributed by atoms with van der Waals surface area (Å²) in [5.74, 6) is 0.802. The number of carbonyl (C=O) groups is 1. The van der Waals surface area contributed by atoms with E-state index in [1.807, 2.05) is 70.2 Å². The first kappa shape index (κ1) is 28.6. The number of hydrogen-bond donors (Lipinski definition) is 1. The molecule has 0 spiro atoms. The molecule has 2 fully saturated rings. The minimum atomic E-state index is -0.864. The fourth-order valence-corrected chi connectivity index (χ4v) is 6.08. The molecule has 0 atom stereocenters. The summed E-state index contributed by atoms with van der Waals surface area (Å²) >= 11 is 6.05. The van der Waals surface area contributed by atoms with Crippen LogP contribution in [0.3, 0.4) is 0 Å². The van der Waals surface area contributed by atoms with Crippen LogP contribution in [0.25, 0.3) is 5.65 Å². The van der Waals surface area contributed by atoms with Gasteiger partial charge in [-0.2, -0.15) is 5.10 Å². The lowest BCUT2D eigenvalue weighted by molar-refractivity contribution is 0.0118. The van der Waals surface area contributed by atoms with Crippen LogP contribution in [0.15, 0.2) is 66.9 Å². The standard InChI is InChI=1S/C32H37ClN6O3/c1-42-22-21-36-17-19-38(20-18-36)31(40)25-6-4-24(5-7-25)23-29-34-30-28(3-2-14-39(30)35-29)37-15-12-32(41,13-16-37)26-8-10-27(33)11-9-26/h2-11,14,41H,12-13,15-23H2,1H3. The third-order valence-electron chi connectivity index (χ3n) is 8.53. The number of anilines is 1. The molecule has 0 saturated carbocycles. The van der Waals surface area contributed by atoms with Crippen molar-refractivity contribution >= 4 is 28.8 Å². The molecule has 0 aliphatic carbocycles. The van der Waals surface area contributed by atoms with Crippen LogP contribution in [0.2, 0.25) is 5.02 Å². The van der Waals surface area contributed by atoms with E-state index in [0.29, 0.717) is 49.5 Å². The Labute approximate surface area is 251 Å². The van der Waals surface area contributed by atoms with Crippen molar-refractivity contribution in [3.05, 3.63) is 94.4 Å². The van der Waals surface area contributed by atoms with Crippen molar-refractivity contribution in [1.29, 1.82) is 0 Å². The predicted octanol–water partition coefficient (Wildman–Crippen LogP) is 3.87. The molecule has 220 valence electrons. The number of benzene rings is 2. The van der Waals surface area contributed by atoms with Crippen molar-refractivity contribution in [3.8, 4) is 0 Å². The first-order valence-electron chi connectivity index (χ1n) is 14.6. The first-order valence-corrected chi connectivity index (χ1v) is 15.0. The maximum Gasteiger partial charge on any atom is 0.253 e. The number of fused-ring (bicyclic) bond motifs is 1. The van der Waals surface area contributed by atoms with Crippen molar-refractivity contribution in [3.63, 3.8) is 0 Å². The number of hydrogen-bond acceptors (Lipinski definition) is 7. The molecule has 1 amide bonds. The lowest BCUT2D eigenvalue weighted by Gasteiger charge is -2.39. The van der Waals surface area contributed by atoms with Crippen molar-refractivity contribution in [2.75, 3.05) is 64.4 Å². The van der Waals surface area contributed by atoms with Crippen LogP contribution in [0.1, 0.15) is 40.2 Å². The predicted molar refractivity (Wildman–Crippen MR) is 163 cm³/mol. The lowest BCUT2D eigenvalue weighted by Crippen LogP contribution is -2.49. The maximum absolute atomic E-state index is 13.1. The largest absolute Gasteiger partial charge is 0.385 e. The number of ether oxygens (including phenoxy) is 1. The van der Waals surface area contributed by atoms with E-state index >= 15 is 0 Å². The van der Waals surface area contributed by atoms with Gasteiger partial charge in [0, 0.05) is 76.1 Å². The molecule has 2 saturated heterocycles. The summed E-state index contributed by atoms with van der Waals surface area (Å²) in [7, 11) is 1.71. The molecular formula is C32H37ClN6O3. The average molecular weight is 589 g/mol. The number of rotatable bonds is 8. The number of piperazine rings is 1. The zero-order valence-corrected chi connectivity index (χ0v) is 24.7. The number of pyridine rings is 1. The Balaban J connectivity index is 1.09. The zero-order chi connectivity index (χ0) is 29.1. The lowest BCUT2D eigenvalue weighted by atomic mass is 9.84. The van der Waals surface area contributed by atoms with E-state index in [1.54, 1.807) is 7.11 Å². The summed E-state index contributed by atoms with van der Waals surface area (Å²) in [4.78, 5) is 24.5. The summed E-state index contributed by atoms with van der Waals surface area (Å²) in [6, 6.07) is 19.4. The molecule has 10 heteroatoms. The van der Waals surface area contributed by atoms with Gasteiger partial charge in [0.1, 0.15) is 0 Å². The van der Waals surface area contributed by atoms with Gasteiger partial charge in [0.2, 0.25) is 0 Å². The molecule has 0 bridgehead atoms.